The number of carbonyl (C=O) groups is 1. The Bertz CT molecular complexity index is 1110. The van der Waals surface area contributed by atoms with Crippen LogP contribution in [0.3, 0.4) is 0 Å². The first-order valence-electron chi connectivity index (χ1n) is 9.12. The summed E-state index contributed by atoms with van der Waals surface area (Å²) in [5.41, 5.74) is 5.10. The Balaban J connectivity index is 1.76. The lowest BCUT2D eigenvalue weighted by Crippen LogP contribution is -2.13. The van der Waals surface area contributed by atoms with Crippen LogP contribution in [-0.4, -0.2) is 15.7 Å². The summed E-state index contributed by atoms with van der Waals surface area (Å²) < 4.78 is 7.43. The van der Waals surface area contributed by atoms with E-state index >= 15 is 0 Å². The zero-order valence-electron chi connectivity index (χ0n) is 15.8. The standard InChI is InChI=1S/C24H20N2O2/c1-17-12-14-20(15-13-17)26-23(16-22(25-26)19-9-4-3-5-10-19)28-24(27)21-11-7-6-8-18(21)2/h3-16H,1-2H3. The Morgan fingerprint density at radius 3 is 2.25 bits per heavy atom. The van der Waals surface area contributed by atoms with E-state index in [1.54, 1.807) is 16.8 Å². The molecule has 0 saturated carbocycles. The number of ether oxygens (including phenoxy) is 1. The zero-order chi connectivity index (χ0) is 19.5. The second-order valence-electron chi connectivity index (χ2n) is 6.69. The summed E-state index contributed by atoms with van der Waals surface area (Å²) in [7, 11) is 0. The fraction of sp³-hybridized carbons (Fsp3) is 0.0833. The predicted molar refractivity (Wildman–Crippen MR) is 110 cm³/mol. The van der Waals surface area contributed by atoms with Gasteiger partial charge in [-0.2, -0.15) is 5.10 Å². The molecule has 1 heterocycles. The summed E-state index contributed by atoms with van der Waals surface area (Å²) in [6.45, 7) is 3.92. The average Bonchev–Trinajstić information content (AvgIpc) is 3.13. The minimum atomic E-state index is -0.397. The Hall–Kier alpha value is -3.66. The van der Waals surface area contributed by atoms with Crippen LogP contribution in [0.5, 0.6) is 5.88 Å². The maximum Gasteiger partial charge on any atom is 0.345 e. The van der Waals surface area contributed by atoms with Crippen molar-refractivity contribution in [3.05, 3.63) is 102 Å². The topological polar surface area (TPSA) is 44.1 Å². The number of carbonyl (C=O) groups excluding carboxylic acids is 1. The molecule has 4 heteroatoms. The summed E-state index contributed by atoms with van der Waals surface area (Å²) in [5.74, 6) is -0.0121. The van der Waals surface area contributed by atoms with Crippen LogP contribution >= 0.6 is 0 Å². The van der Waals surface area contributed by atoms with Gasteiger partial charge in [-0.3, -0.25) is 0 Å². The Morgan fingerprint density at radius 1 is 0.857 bits per heavy atom. The first kappa shape index (κ1) is 17.7. The predicted octanol–water partition coefficient (Wildman–Crippen LogP) is 5.38. The Labute approximate surface area is 164 Å². The van der Waals surface area contributed by atoms with Gasteiger partial charge in [0, 0.05) is 11.6 Å². The van der Waals surface area contributed by atoms with Gasteiger partial charge in [0.15, 0.2) is 0 Å². The second-order valence-corrected chi connectivity index (χ2v) is 6.69. The Kier molecular flexibility index (Phi) is 4.77. The van der Waals surface area contributed by atoms with E-state index in [1.807, 2.05) is 86.6 Å². The molecule has 4 rings (SSSR count). The van der Waals surface area contributed by atoms with Crippen LogP contribution in [0.25, 0.3) is 16.9 Å². The van der Waals surface area contributed by atoms with Crippen molar-refractivity contribution >= 4 is 5.97 Å². The smallest absolute Gasteiger partial charge is 0.345 e. The van der Waals surface area contributed by atoms with Gasteiger partial charge in [0.05, 0.1) is 16.9 Å². The van der Waals surface area contributed by atoms with Gasteiger partial charge in [-0.1, -0.05) is 66.2 Å². The Morgan fingerprint density at radius 2 is 1.54 bits per heavy atom. The van der Waals surface area contributed by atoms with Crippen molar-refractivity contribution in [2.75, 3.05) is 0 Å². The van der Waals surface area contributed by atoms with Crippen molar-refractivity contribution in [1.29, 1.82) is 0 Å². The van der Waals surface area contributed by atoms with E-state index < -0.39 is 5.97 Å². The molecule has 4 nitrogen and oxygen atoms in total. The van der Waals surface area contributed by atoms with Gasteiger partial charge >= 0.3 is 5.97 Å². The normalized spacial score (nSPS) is 10.6. The third-order valence-electron chi connectivity index (χ3n) is 4.59. The fourth-order valence-corrected chi connectivity index (χ4v) is 3.01. The van der Waals surface area contributed by atoms with Crippen molar-refractivity contribution in [2.24, 2.45) is 0 Å². The number of hydrogen-bond donors (Lipinski definition) is 0. The van der Waals surface area contributed by atoms with Crippen LogP contribution in [0, 0.1) is 13.8 Å². The molecule has 0 aliphatic rings. The van der Waals surface area contributed by atoms with E-state index in [2.05, 4.69) is 5.10 Å². The molecule has 0 fully saturated rings. The molecule has 0 aliphatic carbocycles. The lowest BCUT2D eigenvalue weighted by Gasteiger charge is -2.09. The van der Waals surface area contributed by atoms with Crippen molar-refractivity contribution in [2.45, 2.75) is 13.8 Å². The van der Waals surface area contributed by atoms with Crippen LogP contribution in [0.2, 0.25) is 0 Å². The van der Waals surface area contributed by atoms with Crippen LogP contribution in [0.1, 0.15) is 21.5 Å². The number of aromatic nitrogens is 2. The third kappa shape index (κ3) is 3.58. The van der Waals surface area contributed by atoms with Gasteiger partial charge < -0.3 is 4.74 Å². The SMILES string of the molecule is Cc1ccc(-n2nc(-c3ccccc3)cc2OC(=O)c2ccccc2C)cc1. The third-order valence-corrected chi connectivity index (χ3v) is 4.59. The molecule has 28 heavy (non-hydrogen) atoms. The molecule has 0 amide bonds. The van der Waals surface area contributed by atoms with E-state index in [1.165, 1.54) is 0 Å². The van der Waals surface area contributed by atoms with Gasteiger partial charge in [0.2, 0.25) is 5.88 Å². The first-order valence-corrected chi connectivity index (χ1v) is 9.12. The molecule has 0 aliphatic heterocycles. The number of aryl methyl sites for hydroxylation is 2. The van der Waals surface area contributed by atoms with Crippen molar-refractivity contribution in [3.8, 4) is 22.8 Å². The lowest BCUT2D eigenvalue weighted by atomic mass is 10.1. The highest BCUT2D eigenvalue weighted by Crippen LogP contribution is 2.27. The van der Waals surface area contributed by atoms with Gasteiger partial charge in [-0.05, 0) is 37.6 Å². The van der Waals surface area contributed by atoms with E-state index in [0.717, 1.165) is 28.1 Å². The molecule has 3 aromatic carbocycles. The second kappa shape index (κ2) is 7.53. The van der Waals surface area contributed by atoms with Gasteiger partial charge in [0.25, 0.3) is 0 Å². The minimum Gasteiger partial charge on any atom is -0.404 e. The van der Waals surface area contributed by atoms with Gasteiger partial charge in [-0.25, -0.2) is 9.48 Å². The maximum absolute atomic E-state index is 12.8. The van der Waals surface area contributed by atoms with E-state index in [9.17, 15) is 4.79 Å². The largest absolute Gasteiger partial charge is 0.404 e. The molecule has 0 saturated heterocycles. The van der Waals surface area contributed by atoms with Crippen LogP contribution in [-0.2, 0) is 0 Å². The molecule has 0 N–H and O–H groups in total. The van der Waals surface area contributed by atoms with E-state index in [0.29, 0.717) is 11.4 Å². The van der Waals surface area contributed by atoms with Crippen LogP contribution in [0.15, 0.2) is 84.9 Å². The molecule has 138 valence electrons. The summed E-state index contributed by atoms with van der Waals surface area (Å²) in [4.78, 5) is 12.8. The molecule has 0 radical (unpaired) electrons. The number of esters is 1. The summed E-state index contributed by atoms with van der Waals surface area (Å²) in [6, 6.07) is 27.0. The van der Waals surface area contributed by atoms with Crippen molar-refractivity contribution < 1.29 is 9.53 Å². The fourth-order valence-electron chi connectivity index (χ4n) is 3.01. The number of rotatable bonds is 4. The molecule has 0 atom stereocenters. The zero-order valence-corrected chi connectivity index (χ0v) is 15.8. The first-order chi connectivity index (χ1) is 13.6. The number of hydrogen-bond acceptors (Lipinski definition) is 3. The molecular formula is C24H20N2O2. The van der Waals surface area contributed by atoms with Crippen LogP contribution in [0.4, 0.5) is 0 Å². The molecular weight excluding hydrogens is 348 g/mol. The highest BCUT2D eigenvalue weighted by atomic mass is 16.5. The van der Waals surface area contributed by atoms with Gasteiger partial charge in [-0.15, -0.1) is 0 Å². The number of benzene rings is 3. The van der Waals surface area contributed by atoms with Crippen molar-refractivity contribution in [1.82, 2.24) is 9.78 Å². The summed E-state index contributed by atoms with van der Waals surface area (Å²) in [5, 5.41) is 4.69. The molecule has 1 aromatic heterocycles. The molecule has 0 unspecified atom stereocenters. The van der Waals surface area contributed by atoms with Crippen LogP contribution < -0.4 is 4.74 Å². The van der Waals surface area contributed by atoms with Crippen molar-refractivity contribution in [3.63, 3.8) is 0 Å². The van der Waals surface area contributed by atoms with E-state index in [-0.39, 0.29) is 0 Å². The maximum atomic E-state index is 12.8. The lowest BCUT2D eigenvalue weighted by molar-refractivity contribution is 0.0722. The quantitative estimate of drug-likeness (QED) is 0.455. The highest BCUT2D eigenvalue weighted by molar-refractivity contribution is 5.92. The number of nitrogens with zero attached hydrogens (tertiary/aromatic N) is 2. The average molecular weight is 368 g/mol. The molecule has 4 aromatic rings. The highest BCUT2D eigenvalue weighted by Gasteiger charge is 2.18. The minimum absolute atomic E-state index is 0.385. The molecule has 0 spiro atoms. The van der Waals surface area contributed by atoms with Gasteiger partial charge in [0.1, 0.15) is 0 Å². The summed E-state index contributed by atoms with van der Waals surface area (Å²) in [6.07, 6.45) is 0. The van der Waals surface area contributed by atoms with E-state index in [4.69, 9.17) is 4.74 Å². The monoisotopic (exact) mass is 368 g/mol. The summed E-state index contributed by atoms with van der Waals surface area (Å²) >= 11 is 0. The molecule has 0 bridgehead atoms.